The zero-order chi connectivity index (χ0) is 31.3. The molecule has 0 aliphatic carbocycles. The average Bonchev–Trinajstić information content (AvgIpc) is 3.49. The Kier molecular flexibility index (Phi) is 8.18. The average molecular weight is 637 g/mol. The molecule has 2 aliphatic heterocycles. The van der Waals surface area contributed by atoms with Crippen LogP contribution in [-0.2, 0) is 17.3 Å². The second-order valence-electron chi connectivity index (χ2n) is 11.3. The summed E-state index contributed by atoms with van der Waals surface area (Å²) in [5.74, 6) is -0.485. The number of carbonyl (C=O) groups excluding carboxylic acids is 1. The summed E-state index contributed by atoms with van der Waals surface area (Å²) in [4.78, 5) is 26.6. The van der Waals surface area contributed by atoms with E-state index in [0.29, 0.717) is 27.5 Å². The van der Waals surface area contributed by atoms with E-state index in [1.807, 2.05) is 0 Å². The molecule has 2 N–H and O–H groups in total. The number of likely N-dealkylation sites (tertiary alicyclic amines) is 1. The normalized spacial score (nSPS) is 19.2. The molecule has 0 saturated carbocycles. The van der Waals surface area contributed by atoms with Gasteiger partial charge in [-0.3, -0.25) is 9.36 Å². The Morgan fingerprint density at radius 3 is 2.60 bits per heavy atom. The molecule has 1 aromatic heterocycles. The van der Waals surface area contributed by atoms with Crippen molar-refractivity contribution < 1.29 is 32.9 Å². The molecule has 0 bridgehead atoms. The lowest BCUT2D eigenvalue weighted by Gasteiger charge is -2.37. The van der Waals surface area contributed by atoms with E-state index in [9.17, 15) is 33.0 Å². The number of nitrogens with zero attached hydrogens (tertiary/aromatic N) is 4. The summed E-state index contributed by atoms with van der Waals surface area (Å²) in [7, 11) is 0. The van der Waals surface area contributed by atoms with Crippen molar-refractivity contribution in [2.75, 3.05) is 13.1 Å². The fourth-order valence-corrected chi connectivity index (χ4v) is 6.31. The summed E-state index contributed by atoms with van der Waals surface area (Å²) in [6, 6.07) is 7.53. The van der Waals surface area contributed by atoms with E-state index in [-0.39, 0.29) is 47.0 Å². The number of amides is 1. The number of aliphatic hydroxyl groups excluding tert-OH is 1. The van der Waals surface area contributed by atoms with Crippen LogP contribution in [0.25, 0.3) is 5.57 Å². The van der Waals surface area contributed by atoms with E-state index in [0.717, 1.165) is 10.6 Å². The zero-order valence-electron chi connectivity index (χ0n) is 23.4. The number of carbonyl (C=O) groups is 1. The third-order valence-corrected chi connectivity index (χ3v) is 8.34. The minimum atomic E-state index is -4.71. The number of aliphatic hydroxyl groups is 1. The standard InChI is InChI=1S/C29H28ClF3N4O5S/c1-28(2,3)42-26(40)36-9-8-22(23(38)14-36)37-25(39)24(43-27(37)41)19(15-5-7-21-17(10-15)13-34-35-21)11-16-4-6-18(30)12-20(16)29(31,32)33/h4-7,10,12-13,22-23,38-39H,8-9,11,14H2,1-3H3/t22-,23-/m0/s1. The van der Waals surface area contributed by atoms with E-state index in [4.69, 9.17) is 16.3 Å². The van der Waals surface area contributed by atoms with Gasteiger partial charge in [-0.15, -0.1) is 0 Å². The number of piperidine rings is 1. The number of ether oxygens (including phenoxy) is 1. The van der Waals surface area contributed by atoms with Crippen LogP contribution in [-0.4, -0.2) is 56.8 Å². The fraction of sp³-hybridized carbons (Fsp3) is 0.379. The lowest BCUT2D eigenvalue weighted by atomic mass is 9.96. The number of aromatic nitrogens is 1. The van der Waals surface area contributed by atoms with Gasteiger partial charge in [-0.05, 0) is 67.8 Å². The van der Waals surface area contributed by atoms with E-state index < -0.39 is 46.3 Å². The van der Waals surface area contributed by atoms with Crippen LogP contribution in [0.1, 0.15) is 54.8 Å². The minimum absolute atomic E-state index is 0.0571. The Bertz CT molecular complexity index is 1790. The monoisotopic (exact) mass is 636 g/mol. The van der Waals surface area contributed by atoms with Crippen LogP contribution < -0.4 is 15.4 Å². The molecule has 43 heavy (non-hydrogen) atoms. The number of aromatic hydroxyl groups is 1. The molecular formula is C29H28ClF3N4O5S. The van der Waals surface area contributed by atoms with Crippen LogP contribution >= 0.6 is 22.9 Å². The molecule has 3 aromatic rings. The van der Waals surface area contributed by atoms with Gasteiger partial charge in [0.1, 0.15) is 5.60 Å². The van der Waals surface area contributed by atoms with Crippen LogP contribution in [0.5, 0.6) is 5.88 Å². The number of fused-ring (bicyclic) bond motifs is 1. The third-order valence-electron chi connectivity index (χ3n) is 7.10. The van der Waals surface area contributed by atoms with E-state index in [2.05, 4.69) is 10.2 Å². The minimum Gasteiger partial charge on any atom is -0.493 e. The van der Waals surface area contributed by atoms with Gasteiger partial charge in [0, 0.05) is 23.6 Å². The number of thiazole rings is 1. The Labute approximate surface area is 252 Å². The highest BCUT2D eigenvalue weighted by atomic mass is 35.5. The Morgan fingerprint density at radius 1 is 1.19 bits per heavy atom. The van der Waals surface area contributed by atoms with E-state index >= 15 is 0 Å². The number of hydrogen-bond acceptors (Lipinski definition) is 8. The molecule has 9 nitrogen and oxygen atoms in total. The summed E-state index contributed by atoms with van der Waals surface area (Å²) in [5, 5.41) is 31.2. The lowest BCUT2D eigenvalue weighted by molar-refractivity contribution is -0.138. The summed E-state index contributed by atoms with van der Waals surface area (Å²) >= 11 is 6.56. The van der Waals surface area contributed by atoms with Crippen molar-refractivity contribution in [3.05, 3.63) is 83.2 Å². The van der Waals surface area contributed by atoms with Crippen LogP contribution in [0.3, 0.4) is 0 Å². The second kappa shape index (κ2) is 11.4. The molecule has 0 unspecified atom stereocenters. The molecule has 14 heteroatoms. The Balaban J connectivity index is 1.58. The SMILES string of the molecule is CC(C)(C)OC(=O)N1CC[C@H](n2c(O)c(C(Cc3ccc(Cl)cc3C(F)(F)F)=c3ccc4c(c3)C=NN=4)sc2=O)[C@@H](O)C1. The summed E-state index contributed by atoms with van der Waals surface area (Å²) < 4.78 is 48.5. The number of alkyl halides is 3. The predicted octanol–water partition coefficient (Wildman–Crippen LogP) is 4.24. The highest BCUT2D eigenvalue weighted by Crippen LogP contribution is 2.38. The van der Waals surface area contributed by atoms with Crippen molar-refractivity contribution >= 4 is 40.8 Å². The van der Waals surface area contributed by atoms with Crippen molar-refractivity contribution in [1.82, 2.24) is 9.47 Å². The van der Waals surface area contributed by atoms with Gasteiger partial charge < -0.3 is 19.8 Å². The van der Waals surface area contributed by atoms with Gasteiger partial charge in [0.15, 0.2) is 0 Å². The van der Waals surface area contributed by atoms with Gasteiger partial charge >= 0.3 is 17.1 Å². The topological polar surface area (TPSA) is 117 Å². The second-order valence-corrected chi connectivity index (χ2v) is 12.7. The molecular weight excluding hydrogens is 609 g/mol. The van der Waals surface area contributed by atoms with Gasteiger partial charge in [-0.25, -0.2) is 4.79 Å². The Morgan fingerprint density at radius 2 is 1.93 bits per heavy atom. The van der Waals surface area contributed by atoms with Gasteiger partial charge in [0.25, 0.3) is 0 Å². The molecule has 0 spiro atoms. The van der Waals surface area contributed by atoms with Gasteiger partial charge in [0.05, 0.1) is 40.7 Å². The van der Waals surface area contributed by atoms with Crippen molar-refractivity contribution in [3.8, 4) is 5.88 Å². The summed E-state index contributed by atoms with van der Waals surface area (Å²) in [6.45, 7) is 5.17. The maximum absolute atomic E-state index is 14.0. The molecule has 0 radical (unpaired) electrons. The number of hydrogen-bond donors (Lipinski definition) is 2. The number of β-amino-alcohol motifs (C(OH)–C–C–N with tert-alkyl or cyclic N) is 1. The molecule has 1 fully saturated rings. The highest BCUT2D eigenvalue weighted by Gasteiger charge is 2.37. The zero-order valence-corrected chi connectivity index (χ0v) is 24.9. The first-order valence-electron chi connectivity index (χ1n) is 13.3. The van der Waals surface area contributed by atoms with E-state index in [1.54, 1.807) is 39.0 Å². The molecule has 228 valence electrons. The van der Waals surface area contributed by atoms with E-state index in [1.165, 1.54) is 23.2 Å². The summed E-state index contributed by atoms with van der Waals surface area (Å²) in [5.41, 5.74) is -0.904. The molecule has 5 rings (SSSR count). The van der Waals surface area contributed by atoms with Crippen LogP contribution in [0.15, 0.2) is 51.4 Å². The Hall–Kier alpha value is -3.68. The fourth-order valence-electron chi connectivity index (χ4n) is 5.14. The van der Waals surface area contributed by atoms with Crippen molar-refractivity contribution in [2.24, 2.45) is 10.2 Å². The molecule has 2 atom stereocenters. The van der Waals surface area contributed by atoms with Gasteiger partial charge in [0.2, 0.25) is 5.88 Å². The summed E-state index contributed by atoms with van der Waals surface area (Å²) in [6.07, 6.45) is -5.21. The first-order chi connectivity index (χ1) is 20.1. The quantitative estimate of drug-likeness (QED) is 0.445. The molecule has 2 aliphatic rings. The van der Waals surface area contributed by atoms with Crippen molar-refractivity contribution in [2.45, 2.75) is 57.5 Å². The van der Waals surface area contributed by atoms with Crippen molar-refractivity contribution in [3.63, 3.8) is 0 Å². The maximum atomic E-state index is 14.0. The first kappa shape index (κ1) is 30.8. The lowest BCUT2D eigenvalue weighted by Crippen LogP contribution is -2.49. The number of benzene rings is 2. The third kappa shape index (κ3) is 6.48. The molecule has 2 aromatic carbocycles. The van der Waals surface area contributed by atoms with Crippen LogP contribution in [0.4, 0.5) is 18.0 Å². The molecule has 1 amide bonds. The molecule has 1 saturated heterocycles. The van der Waals surface area contributed by atoms with Gasteiger partial charge in [-0.2, -0.15) is 23.4 Å². The largest absolute Gasteiger partial charge is 0.493 e. The van der Waals surface area contributed by atoms with Gasteiger partial charge in [-0.1, -0.05) is 35.1 Å². The highest BCUT2D eigenvalue weighted by molar-refractivity contribution is 7.10. The number of rotatable bonds is 4. The maximum Gasteiger partial charge on any atom is 0.416 e. The van der Waals surface area contributed by atoms with Crippen LogP contribution in [0, 0.1) is 0 Å². The molecule has 3 heterocycles. The van der Waals surface area contributed by atoms with Crippen molar-refractivity contribution in [1.29, 1.82) is 0 Å². The smallest absolute Gasteiger partial charge is 0.416 e. The predicted molar refractivity (Wildman–Crippen MR) is 155 cm³/mol. The number of halogens is 4. The van der Waals surface area contributed by atoms with Crippen LogP contribution in [0.2, 0.25) is 5.02 Å². The first-order valence-corrected chi connectivity index (χ1v) is 14.5.